The zero-order valence-corrected chi connectivity index (χ0v) is 12.4. The first-order chi connectivity index (χ1) is 10.9. The van der Waals surface area contributed by atoms with Crippen LogP contribution >= 0.6 is 12.2 Å². The molecule has 1 fully saturated rings. The number of imide groups is 1. The molecule has 1 N–H and O–H groups in total. The summed E-state index contributed by atoms with van der Waals surface area (Å²) >= 11 is 4.90. The van der Waals surface area contributed by atoms with Gasteiger partial charge in [-0.15, -0.1) is 0 Å². The van der Waals surface area contributed by atoms with Crippen LogP contribution in [0.15, 0.2) is 36.4 Å². The average Bonchev–Trinajstić information content (AvgIpc) is 3.00. The second kappa shape index (κ2) is 5.49. The molecule has 23 heavy (non-hydrogen) atoms. The van der Waals surface area contributed by atoms with E-state index in [0.717, 1.165) is 17.1 Å². The van der Waals surface area contributed by atoms with Crippen molar-refractivity contribution in [1.82, 2.24) is 5.06 Å². The molecule has 2 heterocycles. The molecule has 0 aromatic heterocycles. The van der Waals surface area contributed by atoms with Crippen molar-refractivity contribution >= 4 is 46.4 Å². The minimum absolute atomic E-state index is 0.152. The van der Waals surface area contributed by atoms with Crippen LogP contribution in [0.5, 0.6) is 0 Å². The van der Waals surface area contributed by atoms with Crippen molar-refractivity contribution < 1.29 is 24.4 Å². The summed E-state index contributed by atoms with van der Waals surface area (Å²) in [4.78, 5) is 48.1. The predicted molar refractivity (Wildman–Crippen MR) is 81.7 cm³/mol. The van der Waals surface area contributed by atoms with Crippen LogP contribution in [0.3, 0.4) is 0 Å². The lowest BCUT2D eigenvalue weighted by Crippen LogP contribution is -2.30. The number of hydroxylamine groups is 2. The Kier molecular flexibility index (Phi) is 3.63. The molecule has 0 spiro atoms. The van der Waals surface area contributed by atoms with Gasteiger partial charge in [0.2, 0.25) is 0 Å². The quantitative estimate of drug-likeness (QED) is 0.382. The maximum atomic E-state index is 12.5. The maximum Gasteiger partial charge on any atom is 0.258 e. The molecule has 0 bridgehead atoms. The van der Waals surface area contributed by atoms with Crippen molar-refractivity contribution in [2.45, 2.75) is 6.42 Å². The lowest BCUT2D eigenvalue weighted by atomic mass is 9.96. The second-order valence-corrected chi connectivity index (χ2v) is 5.48. The van der Waals surface area contributed by atoms with Gasteiger partial charge in [-0.25, -0.2) is 4.90 Å². The first-order valence-electron chi connectivity index (χ1n) is 6.66. The highest BCUT2D eigenvalue weighted by atomic mass is 32.1. The maximum absolute atomic E-state index is 12.5. The van der Waals surface area contributed by atoms with Crippen molar-refractivity contribution in [3.8, 4) is 0 Å². The van der Waals surface area contributed by atoms with E-state index in [4.69, 9.17) is 12.2 Å². The van der Waals surface area contributed by atoms with Gasteiger partial charge in [0.15, 0.2) is 5.78 Å². The highest BCUT2D eigenvalue weighted by molar-refractivity contribution is 7.80. The van der Waals surface area contributed by atoms with Crippen LogP contribution in [0.1, 0.15) is 16.8 Å². The molecule has 0 saturated carbocycles. The smallest absolute Gasteiger partial charge is 0.258 e. The number of benzene rings is 1. The summed E-state index contributed by atoms with van der Waals surface area (Å²) in [5, 5.41) is 9.72. The largest absolute Gasteiger partial charge is 0.293 e. The summed E-state index contributed by atoms with van der Waals surface area (Å²) < 4.78 is 0. The summed E-state index contributed by atoms with van der Waals surface area (Å²) in [6.07, 6.45) is 2.08. The van der Waals surface area contributed by atoms with Crippen LogP contribution in [-0.2, 0) is 14.4 Å². The standard InChI is InChI=1S/C15H10N2O5S/c18-11-4-5-12(19)16(11)9-3-1-2-8(6-9)14(21)10-7-13(20)17(22)15(10)23/h1-6,10,22H,7H2. The molecule has 1 aromatic rings. The Hall–Kier alpha value is -2.71. The number of thiocarbonyl (C=S) groups is 1. The lowest BCUT2D eigenvalue weighted by Gasteiger charge is -2.15. The third-order valence-electron chi connectivity index (χ3n) is 3.64. The fourth-order valence-electron chi connectivity index (χ4n) is 2.48. The number of rotatable bonds is 3. The fourth-order valence-corrected chi connectivity index (χ4v) is 2.77. The molecule has 3 rings (SSSR count). The van der Waals surface area contributed by atoms with E-state index in [1.807, 2.05) is 0 Å². The van der Waals surface area contributed by atoms with Crippen molar-refractivity contribution in [3.05, 3.63) is 42.0 Å². The molecule has 0 radical (unpaired) electrons. The van der Waals surface area contributed by atoms with Crippen molar-refractivity contribution in [2.75, 3.05) is 4.90 Å². The molecule has 1 saturated heterocycles. The van der Waals surface area contributed by atoms with Crippen molar-refractivity contribution in [1.29, 1.82) is 0 Å². The predicted octanol–water partition coefficient (Wildman–Crippen LogP) is 0.864. The highest BCUT2D eigenvalue weighted by Crippen LogP contribution is 2.26. The average molecular weight is 330 g/mol. The number of carbonyl (C=O) groups is 4. The Bertz CT molecular complexity index is 783. The lowest BCUT2D eigenvalue weighted by molar-refractivity contribution is -0.145. The van der Waals surface area contributed by atoms with Gasteiger partial charge in [0.1, 0.15) is 4.99 Å². The Balaban J connectivity index is 1.90. The van der Waals surface area contributed by atoms with Gasteiger partial charge in [0.05, 0.1) is 11.6 Å². The van der Waals surface area contributed by atoms with Gasteiger partial charge in [-0.3, -0.25) is 24.4 Å². The van der Waals surface area contributed by atoms with E-state index < -0.39 is 29.4 Å². The monoisotopic (exact) mass is 330 g/mol. The van der Waals surface area contributed by atoms with Gasteiger partial charge in [-0.05, 0) is 12.1 Å². The Morgan fingerprint density at radius 3 is 2.39 bits per heavy atom. The van der Waals surface area contributed by atoms with E-state index in [9.17, 15) is 24.4 Å². The van der Waals surface area contributed by atoms with Crippen molar-refractivity contribution in [3.63, 3.8) is 0 Å². The number of nitrogens with zero attached hydrogens (tertiary/aromatic N) is 2. The molecule has 2 aliphatic rings. The molecule has 7 nitrogen and oxygen atoms in total. The molecule has 116 valence electrons. The molecule has 1 aromatic carbocycles. The SMILES string of the molecule is O=C(c1cccc(N2C(=O)C=CC2=O)c1)C1CC(=O)N(O)C1=S. The molecule has 0 aliphatic carbocycles. The minimum Gasteiger partial charge on any atom is -0.293 e. The normalized spacial score (nSPS) is 20.8. The van der Waals surface area contributed by atoms with Gasteiger partial charge < -0.3 is 0 Å². The molecular formula is C15H10N2O5S. The number of Topliss-reactive ketones (excluding diaryl/α,β-unsaturated/α-hetero) is 1. The van der Waals surface area contributed by atoms with E-state index in [1.165, 1.54) is 24.3 Å². The van der Waals surface area contributed by atoms with Crippen LogP contribution in [0.4, 0.5) is 5.69 Å². The first-order valence-corrected chi connectivity index (χ1v) is 7.07. The third kappa shape index (κ3) is 2.47. The summed E-state index contributed by atoms with van der Waals surface area (Å²) in [5.41, 5.74) is 0.456. The molecule has 8 heteroatoms. The van der Waals surface area contributed by atoms with Gasteiger partial charge in [-0.2, -0.15) is 5.06 Å². The van der Waals surface area contributed by atoms with E-state index in [-0.39, 0.29) is 22.7 Å². The number of carbonyl (C=O) groups excluding carboxylic acids is 4. The number of ketones is 1. The van der Waals surface area contributed by atoms with Crippen LogP contribution in [0.2, 0.25) is 0 Å². The van der Waals surface area contributed by atoms with Gasteiger partial charge in [0, 0.05) is 24.1 Å². The Morgan fingerprint density at radius 2 is 1.83 bits per heavy atom. The summed E-state index contributed by atoms with van der Waals surface area (Å²) in [5.74, 6) is -3.01. The third-order valence-corrected chi connectivity index (χ3v) is 4.09. The zero-order valence-electron chi connectivity index (χ0n) is 11.6. The van der Waals surface area contributed by atoms with Gasteiger partial charge in [0.25, 0.3) is 17.7 Å². The van der Waals surface area contributed by atoms with Crippen LogP contribution in [0.25, 0.3) is 0 Å². The van der Waals surface area contributed by atoms with Crippen molar-refractivity contribution in [2.24, 2.45) is 5.92 Å². The number of amides is 3. The van der Waals surface area contributed by atoms with E-state index in [1.54, 1.807) is 0 Å². The van der Waals surface area contributed by atoms with E-state index >= 15 is 0 Å². The fraction of sp³-hybridized carbons (Fsp3) is 0.133. The van der Waals surface area contributed by atoms with Crippen LogP contribution < -0.4 is 4.90 Å². The molecule has 1 atom stereocenters. The van der Waals surface area contributed by atoms with Crippen LogP contribution in [0, 0.1) is 5.92 Å². The molecular weight excluding hydrogens is 320 g/mol. The summed E-state index contributed by atoms with van der Waals surface area (Å²) in [6, 6.07) is 5.93. The number of anilines is 1. The first kappa shape index (κ1) is 15.2. The summed E-state index contributed by atoms with van der Waals surface area (Å²) in [7, 11) is 0. The topological polar surface area (TPSA) is 95.0 Å². The second-order valence-electron chi connectivity index (χ2n) is 5.06. The highest BCUT2D eigenvalue weighted by Gasteiger charge is 2.39. The Labute approximate surface area is 135 Å². The zero-order chi connectivity index (χ0) is 16.7. The Morgan fingerprint density at radius 1 is 1.17 bits per heavy atom. The summed E-state index contributed by atoms with van der Waals surface area (Å²) in [6.45, 7) is 0. The van der Waals surface area contributed by atoms with E-state index in [0.29, 0.717) is 5.06 Å². The molecule has 3 amide bonds. The molecule has 1 unspecified atom stereocenters. The van der Waals surface area contributed by atoms with E-state index in [2.05, 4.69) is 0 Å². The van der Waals surface area contributed by atoms with Gasteiger partial charge >= 0.3 is 0 Å². The number of hydrogen-bond donors (Lipinski definition) is 1. The number of hydrogen-bond acceptors (Lipinski definition) is 6. The molecule has 2 aliphatic heterocycles. The minimum atomic E-state index is -0.930. The van der Waals surface area contributed by atoms with Gasteiger partial charge in [-0.1, -0.05) is 24.4 Å². The van der Waals surface area contributed by atoms with Crippen LogP contribution in [-0.4, -0.2) is 38.8 Å².